The van der Waals surface area contributed by atoms with Crippen LogP contribution >= 0.6 is 23.2 Å². The highest BCUT2D eigenvalue weighted by atomic mass is 35.5. The molecule has 1 aliphatic rings. The molecule has 0 aromatic heterocycles. The summed E-state index contributed by atoms with van der Waals surface area (Å²) in [5, 5.41) is 13.5. The zero-order chi connectivity index (χ0) is 27.5. The zero-order valence-electron chi connectivity index (χ0n) is 21.0. The summed E-state index contributed by atoms with van der Waals surface area (Å²) in [7, 11) is 0. The lowest BCUT2D eigenvalue weighted by Gasteiger charge is -2.38. The van der Waals surface area contributed by atoms with Gasteiger partial charge in [-0.1, -0.05) is 62.2 Å². The molecule has 10 heteroatoms. The summed E-state index contributed by atoms with van der Waals surface area (Å²) in [5.74, 6) is -2.57. The molecule has 1 heterocycles. The number of nitrogens with zero attached hydrogens (tertiary/aromatic N) is 2. The van der Waals surface area contributed by atoms with Crippen molar-refractivity contribution in [3.63, 3.8) is 0 Å². The van der Waals surface area contributed by atoms with Crippen LogP contribution in [0.4, 0.5) is 13.6 Å². The number of amides is 3. The molecule has 3 amide bonds. The monoisotopic (exact) mass is 550 g/mol. The number of benzene rings is 2. The summed E-state index contributed by atoms with van der Waals surface area (Å²) >= 11 is 12.1. The van der Waals surface area contributed by atoms with E-state index in [2.05, 4.69) is 11.4 Å². The van der Waals surface area contributed by atoms with Gasteiger partial charge in [-0.25, -0.2) is 13.6 Å². The van der Waals surface area contributed by atoms with Gasteiger partial charge >= 0.3 is 6.03 Å². The number of primary amides is 1. The number of nitriles is 1. The van der Waals surface area contributed by atoms with Crippen LogP contribution in [0.5, 0.6) is 0 Å². The van der Waals surface area contributed by atoms with E-state index in [0.29, 0.717) is 12.8 Å². The third kappa shape index (κ3) is 6.00. The molecule has 0 saturated carbocycles. The first kappa shape index (κ1) is 28.7. The first-order chi connectivity index (χ1) is 17.3. The summed E-state index contributed by atoms with van der Waals surface area (Å²) in [4.78, 5) is 25.9. The van der Waals surface area contributed by atoms with E-state index >= 15 is 8.78 Å². The van der Waals surface area contributed by atoms with Crippen LogP contribution < -0.4 is 11.1 Å². The molecular weight excluding hydrogens is 521 g/mol. The van der Waals surface area contributed by atoms with Crippen LogP contribution in [0, 0.1) is 34.3 Å². The standard InChI is InChI=1S/C27H30Cl2F2N4O2/c1-26(2,3)13-16-14-35(25(37)34-11-5-8-22(33)36)24(18-6-4-7-20(29)23(18)31)27(16,15-32)19-10-9-17(28)12-21(19)30/h4,6-7,9-10,12,16,24H,5,8,11,13-14H2,1-3H3,(H2,33,36)(H,34,37). The van der Waals surface area contributed by atoms with E-state index in [-0.39, 0.29) is 46.1 Å². The Morgan fingerprint density at radius 3 is 2.54 bits per heavy atom. The minimum Gasteiger partial charge on any atom is -0.370 e. The molecule has 1 fully saturated rings. The second-order valence-electron chi connectivity index (χ2n) is 10.6. The topological polar surface area (TPSA) is 99.2 Å². The smallest absolute Gasteiger partial charge is 0.317 e. The highest BCUT2D eigenvalue weighted by Crippen LogP contribution is 2.56. The Morgan fingerprint density at radius 1 is 1.24 bits per heavy atom. The van der Waals surface area contributed by atoms with Crippen molar-refractivity contribution in [3.8, 4) is 6.07 Å². The van der Waals surface area contributed by atoms with E-state index in [1.54, 1.807) is 0 Å². The fourth-order valence-electron chi connectivity index (χ4n) is 5.23. The minimum atomic E-state index is -1.65. The predicted octanol–water partition coefficient (Wildman–Crippen LogP) is 6.12. The van der Waals surface area contributed by atoms with E-state index in [0.717, 1.165) is 6.07 Å². The lowest BCUT2D eigenvalue weighted by molar-refractivity contribution is -0.118. The van der Waals surface area contributed by atoms with Gasteiger partial charge in [-0.15, -0.1) is 0 Å². The van der Waals surface area contributed by atoms with Gasteiger partial charge in [0.1, 0.15) is 17.0 Å². The molecule has 37 heavy (non-hydrogen) atoms. The molecular formula is C27H30Cl2F2N4O2. The normalized spacial score (nSPS) is 21.5. The van der Waals surface area contributed by atoms with Gasteiger partial charge in [0.2, 0.25) is 5.91 Å². The maximum Gasteiger partial charge on any atom is 0.317 e. The fourth-order valence-corrected chi connectivity index (χ4v) is 5.57. The summed E-state index contributed by atoms with van der Waals surface area (Å²) < 4.78 is 31.1. The van der Waals surface area contributed by atoms with Crippen LogP contribution in [0.15, 0.2) is 36.4 Å². The Kier molecular flexibility index (Phi) is 8.71. The number of carbonyl (C=O) groups excluding carboxylic acids is 2. The number of rotatable bonds is 7. The second-order valence-corrected chi connectivity index (χ2v) is 11.4. The maximum absolute atomic E-state index is 15.5. The Balaban J connectivity index is 2.23. The maximum atomic E-state index is 15.5. The summed E-state index contributed by atoms with van der Waals surface area (Å²) in [6.07, 6.45) is 0.829. The van der Waals surface area contributed by atoms with Crippen molar-refractivity contribution in [1.82, 2.24) is 10.2 Å². The lowest BCUT2D eigenvalue weighted by atomic mass is 9.63. The van der Waals surface area contributed by atoms with Gasteiger partial charge < -0.3 is 16.0 Å². The molecule has 0 spiro atoms. The lowest BCUT2D eigenvalue weighted by Crippen LogP contribution is -2.44. The Labute approximate surface area is 225 Å². The van der Waals surface area contributed by atoms with Crippen LogP contribution in [-0.2, 0) is 10.2 Å². The molecule has 0 aliphatic carbocycles. The third-order valence-corrected chi connectivity index (χ3v) is 7.16. The van der Waals surface area contributed by atoms with E-state index in [9.17, 15) is 14.9 Å². The quantitative estimate of drug-likeness (QED) is 0.406. The molecule has 0 radical (unpaired) electrons. The zero-order valence-corrected chi connectivity index (χ0v) is 22.5. The van der Waals surface area contributed by atoms with Crippen LogP contribution in [-0.4, -0.2) is 29.9 Å². The van der Waals surface area contributed by atoms with Crippen molar-refractivity contribution < 1.29 is 18.4 Å². The number of nitrogens with two attached hydrogens (primary N) is 1. The average Bonchev–Trinajstić information content (AvgIpc) is 3.11. The molecule has 3 rings (SSSR count). The molecule has 3 unspecified atom stereocenters. The third-order valence-electron chi connectivity index (χ3n) is 6.64. The van der Waals surface area contributed by atoms with Gasteiger partial charge in [-0.05, 0) is 36.5 Å². The summed E-state index contributed by atoms with van der Waals surface area (Å²) in [5.41, 5.74) is 3.26. The van der Waals surface area contributed by atoms with Gasteiger partial charge in [0.15, 0.2) is 0 Å². The van der Waals surface area contributed by atoms with E-state index in [1.807, 2.05) is 20.8 Å². The Bertz CT molecular complexity index is 1230. The van der Waals surface area contributed by atoms with Crippen molar-refractivity contribution in [3.05, 3.63) is 69.2 Å². The van der Waals surface area contributed by atoms with E-state index in [4.69, 9.17) is 28.9 Å². The molecule has 1 aliphatic heterocycles. The number of halogens is 4. The Hall–Kier alpha value is -2.89. The molecule has 3 N–H and O–H groups in total. The SMILES string of the molecule is CC(C)(C)CC1CN(C(=O)NCCCC(N)=O)C(c2cccc(Cl)c2F)C1(C#N)c1ccc(Cl)cc1F. The molecule has 3 atom stereocenters. The van der Waals surface area contributed by atoms with Crippen LogP contribution in [0.3, 0.4) is 0 Å². The molecule has 198 valence electrons. The van der Waals surface area contributed by atoms with Crippen molar-refractivity contribution in [2.45, 2.75) is 51.5 Å². The number of nitrogens with one attached hydrogen (secondary N) is 1. The van der Waals surface area contributed by atoms with Gasteiger partial charge in [0.25, 0.3) is 0 Å². The summed E-state index contributed by atoms with van der Waals surface area (Å²) in [6.45, 7) is 6.14. The predicted molar refractivity (Wildman–Crippen MR) is 139 cm³/mol. The first-order valence-corrected chi connectivity index (χ1v) is 12.7. The van der Waals surface area contributed by atoms with E-state index in [1.165, 1.54) is 35.2 Å². The molecule has 2 aromatic carbocycles. The van der Waals surface area contributed by atoms with Gasteiger partial charge in [0, 0.05) is 41.6 Å². The minimum absolute atomic E-state index is 0.00657. The Morgan fingerprint density at radius 2 is 1.95 bits per heavy atom. The van der Waals surface area contributed by atoms with Gasteiger partial charge in [-0.2, -0.15) is 5.26 Å². The van der Waals surface area contributed by atoms with Gasteiger partial charge in [-0.3, -0.25) is 4.79 Å². The number of hydrogen-bond acceptors (Lipinski definition) is 3. The van der Waals surface area contributed by atoms with Crippen LogP contribution in [0.1, 0.15) is 57.2 Å². The van der Waals surface area contributed by atoms with Crippen molar-refractivity contribution in [2.24, 2.45) is 17.1 Å². The average molecular weight is 551 g/mol. The fraction of sp³-hybridized carbons (Fsp3) is 0.444. The second kappa shape index (κ2) is 11.2. The van der Waals surface area contributed by atoms with E-state index < -0.39 is 40.9 Å². The highest BCUT2D eigenvalue weighted by Gasteiger charge is 2.60. The van der Waals surface area contributed by atoms with Crippen LogP contribution in [0.25, 0.3) is 0 Å². The number of urea groups is 1. The summed E-state index contributed by atoms with van der Waals surface area (Å²) in [6, 6.07) is 8.92. The molecule has 2 aromatic rings. The van der Waals surface area contributed by atoms with Crippen molar-refractivity contribution in [1.29, 1.82) is 5.26 Å². The number of hydrogen-bond donors (Lipinski definition) is 2. The number of likely N-dealkylation sites (tertiary alicyclic amines) is 1. The number of carbonyl (C=O) groups is 2. The molecule has 6 nitrogen and oxygen atoms in total. The highest BCUT2D eigenvalue weighted by molar-refractivity contribution is 6.31. The molecule has 1 saturated heterocycles. The first-order valence-electron chi connectivity index (χ1n) is 11.9. The molecule has 0 bridgehead atoms. The van der Waals surface area contributed by atoms with Crippen molar-refractivity contribution >= 4 is 35.1 Å². The van der Waals surface area contributed by atoms with Crippen molar-refractivity contribution in [2.75, 3.05) is 13.1 Å². The van der Waals surface area contributed by atoms with Gasteiger partial charge in [0.05, 0.1) is 17.1 Å². The largest absolute Gasteiger partial charge is 0.370 e. The van der Waals surface area contributed by atoms with Crippen LogP contribution in [0.2, 0.25) is 10.0 Å².